The highest BCUT2D eigenvalue weighted by Gasteiger charge is 2.23. The number of carbonyl (C=O) groups excluding carboxylic acids is 3. The van der Waals surface area contributed by atoms with E-state index in [1.807, 2.05) is 60.7 Å². The van der Waals surface area contributed by atoms with E-state index in [2.05, 4.69) is 5.32 Å². The van der Waals surface area contributed by atoms with Gasteiger partial charge in [-0.3, -0.25) is 14.4 Å². The summed E-state index contributed by atoms with van der Waals surface area (Å²) in [7, 11) is 0. The Morgan fingerprint density at radius 1 is 0.724 bits per heavy atom. The Morgan fingerprint density at radius 3 is 1.72 bits per heavy atom. The fourth-order valence-electron chi connectivity index (χ4n) is 2.95. The zero-order valence-corrected chi connectivity index (χ0v) is 15.8. The molecule has 0 atom stereocenters. The van der Waals surface area contributed by atoms with Gasteiger partial charge in [0.05, 0.1) is 5.92 Å². The maximum absolute atomic E-state index is 12.8. The van der Waals surface area contributed by atoms with E-state index in [4.69, 9.17) is 4.74 Å². The largest absolute Gasteiger partial charge is 0.456 e. The van der Waals surface area contributed by atoms with Crippen LogP contribution in [0.15, 0.2) is 91.0 Å². The molecule has 0 heterocycles. The average Bonchev–Trinajstić information content (AvgIpc) is 2.78. The first-order chi connectivity index (χ1) is 14.1. The van der Waals surface area contributed by atoms with Gasteiger partial charge in [-0.15, -0.1) is 0 Å². The van der Waals surface area contributed by atoms with Crippen molar-refractivity contribution in [2.45, 2.75) is 5.92 Å². The minimum atomic E-state index is -0.664. The Balaban J connectivity index is 1.59. The predicted octanol–water partition coefficient (Wildman–Crippen LogP) is 3.36. The van der Waals surface area contributed by atoms with Gasteiger partial charge in [0.15, 0.2) is 12.4 Å². The Kier molecular flexibility index (Phi) is 6.90. The fraction of sp³-hybridized carbons (Fsp3) is 0.125. The molecule has 0 bridgehead atoms. The molecule has 3 aromatic rings. The molecule has 29 heavy (non-hydrogen) atoms. The Morgan fingerprint density at radius 2 is 1.21 bits per heavy atom. The molecule has 0 saturated heterocycles. The summed E-state index contributed by atoms with van der Waals surface area (Å²) in [6.07, 6.45) is 0. The van der Waals surface area contributed by atoms with Crippen LogP contribution in [-0.4, -0.2) is 30.8 Å². The number of amides is 1. The van der Waals surface area contributed by atoms with E-state index < -0.39 is 11.9 Å². The van der Waals surface area contributed by atoms with Crippen molar-refractivity contribution in [1.82, 2.24) is 5.32 Å². The van der Waals surface area contributed by atoms with Crippen LogP contribution in [0, 0.1) is 0 Å². The summed E-state index contributed by atoms with van der Waals surface area (Å²) >= 11 is 0. The predicted molar refractivity (Wildman–Crippen MR) is 109 cm³/mol. The first-order valence-electron chi connectivity index (χ1n) is 9.26. The van der Waals surface area contributed by atoms with Crippen LogP contribution < -0.4 is 5.32 Å². The lowest BCUT2D eigenvalue weighted by Gasteiger charge is -2.17. The van der Waals surface area contributed by atoms with Crippen LogP contribution in [-0.2, 0) is 14.3 Å². The lowest BCUT2D eigenvalue weighted by Crippen LogP contribution is -2.35. The molecule has 0 unspecified atom stereocenters. The van der Waals surface area contributed by atoms with Gasteiger partial charge in [-0.05, 0) is 11.1 Å². The number of Topliss-reactive ketones (excluding diaryl/α,β-unsaturated/α-hetero) is 1. The number of rotatable bonds is 8. The van der Waals surface area contributed by atoms with Crippen molar-refractivity contribution in [1.29, 1.82) is 0 Å². The van der Waals surface area contributed by atoms with Gasteiger partial charge < -0.3 is 10.1 Å². The summed E-state index contributed by atoms with van der Waals surface area (Å²) in [5, 5.41) is 2.62. The molecule has 1 amide bonds. The molecule has 0 spiro atoms. The van der Waals surface area contributed by atoms with E-state index in [1.165, 1.54) is 0 Å². The van der Waals surface area contributed by atoms with Gasteiger partial charge in [-0.25, -0.2) is 0 Å². The number of hydrogen-bond donors (Lipinski definition) is 1. The number of benzene rings is 3. The van der Waals surface area contributed by atoms with Crippen LogP contribution in [0.4, 0.5) is 0 Å². The highest BCUT2D eigenvalue weighted by atomic mass is 16.5. The van der Waals surface area contributed by atoms with Crippen LogP contribution >= 0.6 is 0 Å². The molecule has 3 aromatic carbocycles. The second-order valence-electron chi connectivity index (χ2n) is 6.42. The Hall–Kier alpha value is -3.73. The van der Waals surface area contributed by atoms with Gasteiger partial charge in [0.2, 0.25) is 5.91 Å². The molecule has 146 valence electrons. The van der Waals surface area contributed by atoms with Gasteiger partial charge >= 0.3 is 5.97 Å². The third kappa shape index (κ3) is 5.62. The highest BCUT2D eigenvalue weighted by molar-refractivity contribution is 5.98. The summed E-state index contributed by atoms with van der Waals surface area (Å²) in [6, 6.07) is 27.3. The van der Waals surface area contributed by atoms with E-state index in [0.29, 0.717) is 5.56 Å². The topological polar surface area (TPSA) is 72.5 Å². The zero-order chi connectivity index (χ0) is 20.5. The number of hydrogen-bond acceptors (Lipinski definition) is 4. The van der Waals surface area contributed by atoms with Gasteiger partial charge in [-0.1, -0.05) is 91.0 Å². The maximum atomic E-state index is 12.8. The van der Waals surface area contributed by atoms with Crippen LogP contribution in [0.25, 0.3) is 0 Å². The van der Waals surface area contributed by atoms with Crippen molar-refractivity contribution in [3.63, 3.8) is 0 Å². The SMILES string of the molecule is O=C(CNC(=O)C(c1ccccc1)c1ccccc1)OCC(=O)c1ccccc1. The van der Waals surface area contributed by atoms with Crippen molar-refractivity contribution >= 4 is 17.7 Å². The molecular weight excluding hydrogens is 366 g/mol. The second kappa shape index (κ2) is 9.99. The number of carbonyl (C=O) groups is 3. The molecule has 0 fully saturated rings. The van der Waals surface area contributed by atoms with Gasteiger partial charge in [0.1, 0.15) is 6.54 Å². The molecule has 3 rings (SSSR count). The van der Waals surface area contributed by atoms with Gasteiger partial charge in [0.25, 0.3) is 0 Å². The molecule has 0 aliphatic rings. The second-order valence-corrected chi connectivity index (χ2v) is 6.42. The van der Waals surface area contributed by atoms with Crippen molar-refractivity contribution in [3.05, 3.63) is 108 Å². The van der Waals surface area contributed by atoms with E-state index >= 15 is 0 Å². The number of ketones is 1. The lowest BCUT2D eigenvalue weighted by molar-refractivity contribution is -0.142. The van der Waals surface area contributed by atoms with Crippen molar-refractivity contribution in [3.8, 4) is 0 Å². The molecule has 1 N–H and O–H groups in total. The van der Waals surface area contributed by atoms with E-state index in [-0.39, 0.29) is 24.8 Å². The molecule has 5 nitrogen and oxygen atoms in total. The van der Waals surface area contributed by atoms with Crippen molar-refractivity contribution in [2.75, 3.05) is 13.2 Å². The lowest BCUT2D eigenvalue weighted by atomic mass is 9.90. The molecule has 5 heteroatoms. The van der Waals surface area contributed by atoms with E-state index in [0.717, 1.165) is 11.1 Å². The Labute approximate surface area is 169 Å². The quantitative estimate of drug-likeness (QED) is 0.475. The summed E-state index contributed by atoms with van der Waals surface area (Å²) < 4.78 is 5.00. The van der Waals surface area contributed by atoms with E-state index in [9.17, 15) is 14.4 Å². The minimum absolute atomic E-state index is 0.295. The van der Waals surface area contributed by atoms with Crippen LogP contribution in [0.2, 0.25) is 0 Å². The average molecular weight is 387 g/mol. The van der Waals surface area contributed by atoms with Crippen LogP contribution in [0.3, 0.4) is 0 Å². The molecular formula is C24H21NO4. The van der Waals surface area contributed by atoms with Crippen LogP contribution in [0.5, 0.6) is 0 Å². The normalized spacial score (nSPS) is 10.4. The molecule has 0 aromatic heterocycles. The fourth-order valence-corrected chi connectivity index (χ4v) is 2.95. The molecule has 0 aliphatic carbocycles. The minimum Gasteiger partial charge on any atom is -0.456 e. The van der Waals surface area contributed by atoms with Gasteiger partial charge in [-0.2, -0.15) is 0 Å². The Bertz CT molecular complexity index is 916. The molecule has 0 radical (unpaired) electrons. The first-order valence-corrected chi connectivity index (χ1v) is 9.26. The highest BCUT2D eigenvalue weighted by Crippen LogP contribution is 2.24. The summed E-state index contributed by atoms with van der Waals surface area (Å²) in [4.78, 5) is 36.8. The number of esters is 1. The third-order valence-electron chi connectivity index (χ3n) is 4.39. The molecule has 0 saturated carbocycles. The maximum Gasteiger partial charge on any atom is 0.325 e. The van der Waals surface area contributed by atoms with Gasteiger partial charge in [0, 0.05) is 5.56 Å². The van der Waals surface area contributed by atoms with Crippen molar-refractivity contribution in [2.24, 2.45) is 0 Å². The zero-order valence-electron chi connectivity index (χ0n) is 15.8. The van der Waals surface area contributed by atoms with Crippen molar-refractivity contribution < 1.29 is 19.1 Å². The summed E-state index contributed by atoms with van der Waals surface area (Å²) in [5.41, 5.74) is 2.12. The molecule has 0 aliphatic heterocycles. The standard InChI is InChI=1S/C24H21NO4/c26-21(18-10-4-1-5-11-18)17-29-22(27)16-25-24(28)23(19-12-6-2-7-13-19)20-14-8-3-9-15-20/h1-15,23H,16-17H2,(H,25,28). The van der Waals surface area contributed by atoms with Crippen LogP contribution in [0.1, 0.15) is 27.4 Å². The third-order valence-corrected chi connectivity index (χ3v) is 4.39. The monoisotopic (exact) mass is 387 g/mol. The number of ether oxygens (including phenoxy) is 1. The smallest absolute Gasteiger partial charge is 0.325 e. The summed E-state index contributed by atoms with van der Waals surface area (Å²) in [6.45, 7) is -0.670. The first kappa shape index (κ1) is 20.0. The van der Waals surface area contributed by atoms with E-state index in [1.54, 1.807) is 30.3 Å². The number of nitrogens with one attached hydrogen (secondary N) is 1. The summed E-state index contributed by atoms with van der Waals surface area (Å²) in [5.74, 6) is -1.82.